The number of pyridine rings is 1. The molecule has 8 rings (SSSR count). The van der Waals surface area contributed by atoms with E-state index in [1.807, 2.05) is 24.4 Å². The average molecular weight is 603 g/mol. The summed E-state index contributed by atoms with van der Waals surface area (Å²) in [6, 6.07) is 17.4. The predicted octanol–water partition coefficient (Wildman–Crippen LogP) is 6.50. The van der Waals surface area contributed by atoms with E-state index in [1.54, 1.807) is 34.1 Å². The molecule has 2 bridgehead atoms. The van der Waals surface area contributed by atoms with Crippen molar-refractivity contribution in [3.05, 3.63) is 85.2 Å². The molecule has 6 heterocycles. The van der Waals surface area contributed by atoms with Gasteiger partial charge in [-0.15, -0.1) is 0 Å². The summed E-state index contributed by atoms with van der Waals surface area (Å²) in [5.41, 5.74) is 6.24. The summed E-state index contributed by atoms with van der Waals surface area (Å²) in [5.74, 6) is -0.378. The van der Waals surface area contributed by atoms with E-state index in [-0.39, 0.29) is 17.3 Å². The number of fused-ring (bicyclic) bond motifs is 4. The number of halogens is 1. The summed E-state index contributed by atoms with van der Waals surface area (Å²) < 4.78 is 16.4. The van der Waals surface area contributed by atoms with Gasteiger partial charge in [0.05, 0.1) is 23.0 Å². The van der Waals surface area contributed by atoms with Crippen LogP contribution in [0.4, 0.5) is 14.9 Å². The molecule has 2 fully saturated rings. The zero-order chi connectivity index (χ0) is 31.1. The Labute approximate surface area is 258 Å². The Morgan fingerprint density at radius 3 is 2.56 bits per heavy atom. The Hall–Kier alpha value is -5.32. The van der Waals surface area contributed by atoms with Gasteiger partial charge in [-0.05, 0) is 53.8 Å². The quantitative estimate of drug-likeness (QED) is 0.237. The fraction of sp³-hybridized carbons (Fsp3) is 0.265. The van der Waals surface area contributed by atoms with Crippen molar-refractivity contribution in [3.63, 3.8) is 0 Å². The molecule has 226 valence electrons. The molecule has 0 radical (unpaired) electrons. The minimum Gasteiger partial charge on any atom is -0.465 e. The van der Waals surface area contributed by atoms with Crippen LogP contribution in [0.15, 0.2) is 79.4 Å². The largest absolute Gasteiger partial charge is 0.465 e. The Kier molecular flexibility index (Phi) is 5.81. The van der Waals surface area contributed by atoms with E-state index in [4.69, 9.17) is 10.1 Å². The highest BCUT2D eigenvalue weighted by Gasteiger charge is 2.61. The van der Waals surface area contributed by atoms with Gasteiger partial charge in [0.15, 0.2) is 5.65 Å². The van der Waals surface area contributed by atoms with Crippen LogP contribution in [0, 0.1) is 11.2 Å². The zero-order valence-corrected chi connectivity index (χ0v) is 25.1. The third-order valence-electron chi connectivity index (χ3n) is 9.75. The molecule has 0 unspecified atom stereocenters. The van der Waals surface area contributed by atoms with Crippen LogP contribution in [0.3, 0.4) is 0 Å². The topological polar surface area (TPSA) is 116 Å². The second kappa shape index (κ2) is 9.59. The average Bonchev–Trinajstić information content (AvgIpc) is 3.83. The number of hydrogen-bond acceptors (Lipinski definition) is 6. The molecular formula is C34H31FN8O2. The molecule has 45 heavy (non-hydrogen) atoms. The van der Waals surface area contributed by atoms with Gasteiger partial charge in [-0.2, -0.15) is 10.2 Å². The first-order chi connectivity index (χ1) is 21.6. The molecule has 2 aliphatic rings. The number of carboxylic acid groups (broad SMARTS) is 1. The summed E-state index contributed by atoms with van der Waals surface area (Å²) in [6.45, 7) is 7.56. The highest BCUT2D eigenvalue weighted by Crippen LogP contribution is 2.51. The van der Waals surface area contributed by atoms with Crippen molar-refractivity contribution in [2.75, 3.05) is 18.0 Å². The molecule has 0 aliphatic carbocycles. The van der Waals surface area contributed by atoms with Gasteiger partial charge in [0.25, 0.3) is 0 Å². The number of nitrogens with one attached hydrogen (secondary N) is 1. The van der Waals surface area contributed by atoms with Crippen molar-refractivity contribution in [2.45, 2.75) is 38.8 Å². The number of piperazine rings is 1. The van der Waals surface area contributed by atoms with E-state index in [0.717, 1.165) is 40.1 Å². The van der Waals surface area contributed by atoms with Gasteiger partial charge >= 0.3 is 6.09 Å². The Morgan fingerprint density at radius 1 is 1.04 bits per heavy atom. The molecule has 2 N–H and O–H groups in total. The third-order valence-corrected chi connectivity index (χ3v) is 9.75. The van der Waals surface area contributed by atoms with Crippen LogP contribution in [0.2, 0.25) is 0 Å². The monoisotopic (exact) mass is 602 g/mol. The lowest BCUT2D eigenvalue weighted by atomic mass is 9.73. The minimum atomic E-state index is -0.843. The molecule has 0 spiro atoms. The molecule has 4 aromatic heterocycles. The molecule has 2 aromatic carbocycles. The lowest BCUT2D eigenvalue weighted by Crippen LogP contribution is -2.61. The number of nitrogens with zero attached hydrogens (tertiary/aromatic N) is 7. The molecule has 11 heteroatoms. The van der Waals surface area contributed by atoms with Crippen LogP contribution in [-0.4, -0.2) is 70.5 Å². The molecule has 1 amide bonds. The normalized spacial score (nSPS) is 19.7. The van der Waals surface area contributed by atoms with Crippen LogP contribution in [0.1, 0.15) is 27.2 Å². The number of benzene rings is 2. The maximum Gasteiger partial charge on any atom is 0.407 e. The van der Waals surface area contributed by atoms with Crippen molar-refractivity contribution in [1.29, 1.82) is 0 Å². The SMILES string of the molecule is CC(C)(C)[C@]12C[C@@H](CN1C(=O)O)N(c1ccc(-c3ccn4nc(-c5ccncc5)c(-c5ccc(F)c6[nH]ncc56)c4n3)cc1)C2. The molecule has 0 saturated carbocycles. The number of hydrogen-bond donors (Lipinski definition) is 2. The maximum absolute atomic E-state index is 14.6. The second-order valence-electron chi connectivity index (χ2n) is 13.0. The Bertz CT molecular complexity index is 2100. The summed E-state index contributed by atoms with van der Waals surface area (Å²) in [7, 11) is 0. The van der Waals surface area contributed by atoms with Crippen molar-refractivity contribution in [3.8, 4) is 33.6 Å². The standard InChI is InChI=1S/C34H31FN8O2/c1-33(2,3)34-16-23(18-42(34)32(44)45)41(19-34)22-6-4-20(5-7-22)27-12-15-43-31(38-27)28(29(40-43)21-10-13-36-14-11-21)24-8-9-26(35)30-25(24)17-37-39-30/h4-15,17,23H,16,18-19H2,1-3H3,(H,37,39)(H,44,45)/t23-,34+/m0/s1. The predicted molar refractivity (Wildman–Crippen MR) is 169 cm³/mol. The Morgan fingerprint density at radius 2 is 1.82 bits per heavy atom. The van der Waals surface area contributed by atoms with Gasteiger partial charge in [0.2, 0.25) is 0 Å². The van der Waals surface area contributed by atoms with Crippen LogP contribution in [-0.2, 0) is 0 Å². The third kappa shape index (κ3) is 4.03. The van der Waals surface area contributed by atoms with Gasteiger partial charge in [-0.3, -0.25) is 15.0 Å². The van der Waals surface area contributed by atoms with Crippen molar-refractivity contribution >= 4 is 28.3 Å². The van der Waals surface area contributed by atoms with E-state index in [0.29, 0.717) is 35.3 Å². The van der Waals surface area contributed by atoms with E-state index in [9.17, 15) is 14.3 Å². The van der Waals surface area contributed by atoms with E-state index in [2.05, 4.69) is 65.1 Å². The fourth-order valence-electron chi connectivity index (χ4n) is 7.32. The smallest absolute Gasteiger partial charge is 0.407 e. The minimum absolute atomic E-state index is 0.136. The van der Waals surface area contributed by atoms with Crippen LogP contribution in [0.25, 0.3) is 50.2 Å². The van der Waals surface area contributed by atoms with Crippen molar-refractivity contribution in [2.24, 2.45) is 5.41 Å². The molecule has 6 aromatic rings. The van der Waals surface area contributed by atoms with Gasteiger partial charge in [-0.1, -0.05) is 39.0 Å². The summed E-state index contributed by atoms with van der Waals surface area (Å²) in [4.78, 5) is 25.4. The first-order valence-corrected chi connectivity index (χ1v) is 14.9. The van der Waals surface area contributed by atoms with Gasteiger partial charge in [0.1, 0.15) is 17.0 Å². The number of amides is 1. The highest BCUT2D eigenvalue weighted by atomic mass is 19.1. The number of H-pyrrole nitrogens is 1. The molecule has 2 atom stereocenters. The number of aromatic nitrogens is 6. The van der Waals surface area contributed by atoms with Crippen LogP contribution in [0.5, 0.6) is 0 Å². The summed E-state index contributed by atoms with van der Waals surface area (Å²) >= 11 is 0. The number of aromatic amines is 1. The number of rotatable bonds is 4. The number of anilines is 1. The first-order valence-electron chi connectivity index (χ1n) is 14.9. The fourth-order valence-corrected chi connectivity index (χ4v) is 7.32. The molecule has 2 saturated heterocycles. The van der Waals surface area contributed by atoms with E-state index in [1.165, 1.54) is 6.07 Å². The first kappa shape index (κ1) is 27.2. The molecule has 2 aliphatic heterocycles. The van der Waals surface area contributed by atoms with Crippen LogP contribution >= 0.6 is 0 Å². The zero-order valence-electron chi connectivity index (χ0n) is 25.1. The highest BCUT2D eigenvalue weighted by molar-refractivity contribution is 6.03. The maximum atomic E-state index is 14.6. The summed E-state index contributed by atoms with van der Waals surface area (Å²) in [5, 5.41) is 22.4. The summed E-state index contributed by atoms with van der Waals surface area (Å²) in [6.07, 6.45) is 6.93. The number of likely N-dealkylation sites (tertiary alicyclic amines) is 1. The van der Waals surface area contributed by atoms with Gasteiger partial charge in [0, 0.05) is 59.9 Å². The van der Waals surface area contributed by atoms with E-state index >= 15 is 0 Å². The lowest BCUT2D eigenvalue weighted by Gasteiger charge is -2.48. The number of carbonyl (C=O) groups is 1. The second-order valence-corrected chi connectivity index (χ2v) is 13.0. The molecular weight excluding hydrogens is 571 g/mol. The van der Waals surface area contributed by atoms with Gasteiger partial charge in [-0.25, -0.2) is 18.7 Å². The van der Waals surface area contributed by atoms with Crippen molar-refractivity contribution < 1.29 is 14.3 Å². The van der Waals surface area contributed by atoms with E-state index < -0.39 is 11.6 Å². The molecule has 10 nitrogen and oxygen atoms in total. The lowest BCUT2D eigenvalue weighted by molar-refractivity contribution is 0.0363. The van der Waals surface area contributed by atoms with Gasteiger partial charge < -0.3 is 10.0 Å². The van der Waals surface area contributed by atoms with Crippen molar-refractivity contribution in [1.82, 2.24) is 34.7 Å². The van der Waals surface area contributed by atoms with Crippen LogP contribution < -0.4 is 4.90 Å². The Balaban J connectivity index is 1.19.